The second kappa shape index (κ2) is 5.22. The summed E-state index contributed by atoms with van der Waals surface area (Å²) in [5.74, 6) is 0.842. The van der Waals surface area contributed by atoms with Crippen molar-refractivity contribution in [2.75, 3.05) is 20.8 Å². The number of rotatable bonds is 6. The molecule has 0 saturated heterocycles. The molecule has 1 fully saturated rings. The highest BCUT2D eigenvalue weighted by Crippen LogP contribution is 2.50. The molecule has 1 heterocycles. The summed E-state index contributed by atoms with van der Waals surface area (Å²) in [6, 6.07) is 6.06. The summed E-state index contributed by atoms with van der Waals surface area (Å²) < 4.78 is 13.6. The van der Waals surface area contributed by atoms with E-state index >= 15 is 0 Å². The zero-order valence-electron chi connectivity index (χ0n) is 11.9. The molecule has 1 saturated carbocycles. The van der Waals surface area contributed by atoms with Crippen LogP contribution in [0.4, 0.5) is 0 Å². The van der Waals surface area contributed by atoms with Gasteiger partial charge in [0.2, 0.25) is 0 Å². The van der Waals surface area contributed by atoms with Crippen molar-refractivity contribution in [1.29, 1.82) is 0 Å². The summed E-state index contributed by atoms with van der Waals surface area (Å²) in [5.41, 5.74) is 2.48. The van der Waals surface area contributed by atoms with Crippen molar-refractivity contribution in [3.05, 3.63) is 23.0 Å². The van der Waals surface area contributed by atoms with Crippen LogP contribution in [0.5, 0.6) is 5.75 Å². The molecule has 0 aliphatic heterocycles. The predicted molar refractivity (Wildman–Crippen MR) is 81.8 cm³/mol. The molecular weight excluding hydrogens is 272 g/mol. The Kier molecular flexibility index (Phi) is 3.56. The number of methoxy groups -OCH3 is 2. The second-order valence-electron chi connectivity index (χ2n) is 5.61. The van der Waals surface area contributed by atoms with Crippen LogP contribution >= 0.6 is 12.2 Å². The van der Waals surface area contributed by atoms with Crippen molar-refractivity contribution >= 4 is 23.3 Å². The standard InChI is InChI=1S/C15H20N2O2S/c1-18-9-8-15(6-7-15)10-17-11-4-3-5-12(19-2)13(11)16-14(17)20/h3-5H,6-10H2,1-2H3,(H,16,20). The van der Waals surface area contributed by atoms with E-state index < -0.39 is 0 Å². The number of aromatic nitrogens is 2. The van der Waals surface area contributed by atoms with Crippen LogP contribution in [0.25, 0.3) is 11.0 Å². The molecule has 1 aromatic heterocycles. The number of hydrogen-bond donors (Lipinski definition) is 1. The third-order valence-corrected chi connectivity index (χ3v) is 4.60. The number of nitrogens with one attached hydrogen (secondary N) is 1. The van der Waals surface area contributed by atoms with Gasteiger partial charge in [-0.3, -0.25) is 0 Å². The number of aromatic amines is 1. The molecule has 108 valence electrons. The van der Waals surface area contributed by atoms with E-state index in [-0.39, 0.29) is 0 Å². The van der Waals surface area contributed by atoms with Crippen LogP contribution in [0.1, 0.15) is 19.3 Å². The Morgan fingerprint density at radius 3 is 2.80 bits per heavy atom. The zero-order chi connectivity index (χ0) is 14.2. The highest BCUT2D eigenvalue weighted by molar-refractivity contribution is 7.71. The van der Waals surface area contributed by atoms with Crippen LogP contribution in [0.15, 0.2) is 18.2 Å². The van der Waals surface area contributed by atoms with Crippen molar-refractivity contribution < 1.29 is 9.47 Å². The topological polar surface area (TPSA) is 39.2 Å². The van der Waals surface area contributed by atoms with Crippen LogP contribution in [-0.4, -0.2) is 30.4 Å². The molecule has 0 bridgehead atoms. The molecule has 0 spiro atoms. The first-order chi connectivity index (χ1) is 9.69. The lowest BCUT2D eigenvalue weighted by atomic mass is 10.0. The Balaban J connectivity index is 1.96. The van der Waals surface area contributed by atoms with Crippen molar-refractivity contribution in [2.24, 2.45) is 5.41 Å². The van der Waals surface area contributed by atoms with Crippen LogP contribution in [0.2, 0.25) is 0 Å². The first kappa shape index (κ1) is 13.6. The molecule has 1 aliphatic rings. The number of para-hydroxylation sites is 1. The van der Waals surface area contributed by atoms with E-state index in [0.29, 0.717) is 5.41 Å². The average Bonchev–Trinajstić information content (AvgIpc) is 3.16. The number of fused-ring (bicyclic) bond motifs is 1. The van der Waals surface area contributed by atoms with Gasteiger partial charge in [-0.15, -0.1) is 0 Å². The van der Waals surface area contributed by atoms with Gasteiger partial charge in [-0.1, -0.05) is 6.07 Å². The Labute approximate surface area is 123 Å². The lowest BCUT2D eigenvalue weighted by Crippen LogP contribution is -2.14. The van der Waals surface area contributed by atoms with E-state index in [2.05, 4.69) is 15.6 Å². The molecule has 0 atom stereocenters. The summed E-state index contributed by atoms with van der Waals surface area (Å²) in [6.45, 7) is 1.78. The molecule has 3 rings (SSSR count). The number of imidazole rings is 1. The van der Waals surface area contributed by atoms with E-state index in [0.717, 1.165) is 41.1 Å². The smallest absolute Gasteiger partial charge is 0.178 e. The minimum atomic E-state index is 0.367. The fourth-order valence-corrected chi connectivity index (χ4v) is 3.06. The summed E-state index contributed by atoms with van der Waals surface area (Å²) in [5, 5.41) is 0. The molecule has 0 unspecified atom stereocenters. The molecule has 0 amide bonds. The second-order valence-corrected chi connectivity index (χ2v) is 6.00. The maximum Gasteiger partial charge on any atom is 0.178 e. The average molecular weight is 292 g/mol. The van der Waals surface area contributed by atoms with Gasteiger partial charge < -0.3 is 19.0 Å². The monoisotopic (exact) mass is 292 g/mol. The summed E-state index contributed by atoms with van der Waals surface area (Å²) in [6.07, 6.45) is 3.62. The van der Waals surface area contributed by atoms with Crippen molar-refractivity contribution in [3.63, 3.8) is 0 Å². The van der Waals surface area contributed by atoms with Crippen molar-refractivity contribution in [2.45, 2.75) is 25.8 Å². The first-order valence-electron chi connectivity index (χ1n) is 6.94. The lowest BCUT2D eigenvalue weighted by molar-refractivity contribution is 0.167. The van der Waals surface area contributed by atoms with Gasteiger partial charge in [0.05, 0.1) is 12.6 Å². The first-order valence-corrected chi connectivity index (χ1v) is 7.34. The molecule has 2 aromatic rings. The Morgan fingerprint density at radius 1 is 1.35 bits per heavy atom. The molecule has 1 aromatic carbocycles. The van der Waals surface area contributed by atoms with Crippen LogP contribution in [0, 0.1) is 10.2 Å². The Morgan fingerprint density at radius 2 is 2.15 bits per heavy atom. The van der Waals surface area contributed by atoms with Crippen molar-refractivity contribution in [1.82, 2.24) is 9.55 Å². The minimum absolute atomic E-state index is 0.367. The zero-order valence-corrected chi connectivity index (χ0v) is 12.8. The third kappa shape index (κ3) is 2.36. The van der Waals surface area contributed by atoms with Gasteiger partial charge in [-0.2, -0.15) is 0 Å². The maximum atomic E-state index is 5.49. The molecule has 1 aliphatic carbocycles. The molecule has 0 radical (unpaired) electrons. The third-order valence-electron chi connectivity index (χ3n) is 4.28. The summed E-state index contributed by atoms with van der Waals surface area (Å²) >= 11 is 5.49. The van der Waals surface area contributed by atoms with Gasteiger partial charge in [-0.25, -0.2) is 0 Å². The SMILES string of the molecule is COCCC1(Cn2c(=S)[nH]c3c(OC)cccc32)CC1. The normalized spacial score (nSPS) is 16.5. The van der Waals surface area contributed by atoms with Crippen molar-refractivity contribution in [3.8, 4) is 5.75 Å². The minimum Gasteiger partial charge on any atom is -0.494 e. The van der Waals surface area contributed by atoms with Crippen LogP contribution in [-0.2, 0) is 11.3 Å². The molecular formula is C15H20N2O2S. The van der Waals surface area contributed by atoms with E-state index in [1.54, 1.807) is 14.2 Å². The van der Waals surface area contributed by atoms with Gasteiger partial charge in [0.15, 0.2) is 4.77 Å². The fraction of sp³-hybridized carbons (Fsp3) is 0.533. The van der Waals surface area contributed by atoms with Gasteiger partial charge in [0.25, 0.3) is 0 Å². The predicted octanol–water partition coefficient (Wildman–Crippen LogP) is 3.52. The van der Waals surface area contributed by atoms with Gasteiger partial charge in [0, 0.05) is 20.3 Å². The maximum absolute atomic E-state index is 5.49. The molecule has 20 heavy (non-hydrogen) atoms. The fourth-order valence-electron chi connectivity index (χ4n) is 2.80. The van der Waals surface area contributed by atoms with Gasteiger partial charge in [-0.05, 0) is 49.0 Å². The van der Waals surface area contributed by atoms with E-state index in [4.69, 9.17) is 21.7 Å². The number of benzene rings is 1. The van der Waals surface area contributed by atoms with Crippen LogP contribution < -0.4 is 4.74 Å². The van der Waals surface area contributed by atoms with Gasteiger partial charge in [0.1, 0.15) is 11.3 Å². The lowest BCUT2D eigenvalue weighted by Gasteiger charge is -2.16. The highest BCUT2D eigenvalue weighted by atomic mass is 32.1. The Bertz CT molecular complexity index is 670. The molecule has 4 nitrogen and oxygen atoms in total. The highest BCUT2D eigenvalue weighted by Gasteiger charge is 2.42. The van der Waals surface area contributed by atoms with Gasteiger partial charge >= 0.3 is 0 Å². The Hall–Kier alpha value is -1.33. The van der Waals surface area contributed by atoms with E-state index in [1.807, 2.05) is 12.1 Å². The summed E-state index contributed by atoms with van der Waals surface area (Å²) in [4.78, 5) is 3.27. The quantitative estimate of drug-likeness (QED) is 0.828. The number of ether oxygens (including phenoxy) is 2. The number of H-pyrrole nitrogens is 1. The largest absolute Gasteiger partial charge is 0.494 e. The van der Waals surface area contributed by atoms with Crippen LogP contribution in [0.3, 0.4) is 0 Å². The molecule has 1 N–H and O–H groups in total. The number of nitrogens with zero attached hydrogens (tertiary/aromatic N) is 1. The number of hydrogen-bond acceptors (Lipinski definition) is 3. The van der Waals surface area contributed by atoms with E-state index in [9.17, 15) is 0 Å². The summed E-state index contributed by atoms with van der Waals surface area (Å²) in [7, 11) is 3.45. The molecule has 5 heteroatoms. The van der Waals surface area contributed by atoms with E-state index in [1.165, 1.54) is 12.8 Å².